The molecule has 1 aliphatic rings. The summed E-state index contributed by atoms with van der Waals surface area (Å²) >= 11 is 12.3. The highest BCUT2D eigenvalue weighted by molar-refractivity contribution is 6.42. The Balaban J connectivity index is 1.53. The molecule has 22 heavy (non-hydrogen) atoms. The van der Waals surface area contributed by atoms with Gasteiger partial charge in [-0.1, -0.05) is 40.5 Å². The molecule has 1 aliphatic heterocycles. The zero-order chi connectivity index (χ0) is 15.5. The molecule has 7 heteroatoms. The highest BCUT2D eigenvalue weighted by Gasteiger charge is 2.19. The molecule has 1 fully saturated rings. The molecule has 2 aromatic rings. The van der Waals surface area contributed by atoms with Gasteiger partial charge in [0.2, 0.25) is 0 Å². The van der Waals surface area contributed by atoms with Gasteiger partial charge in [0.15, 0.2) is 0 Å². The van der Waals surface area contributed by atoms with E-state index in [4.69, 9.17) is 23.2 Å². The van der Waals surface area contributed by atoms with E-state index in [9.17, 15) is 0 Å². The molecule has 0 amide bonds. The van der Waals surface area contributed by atoms with Gasteiger partial charge in [0, 0.05) is 46.3 Å². The van der Waals surface area contributed by atoms with Crippen molar-refractivity contribution in [2.75, 3.05) is 26.2 Å². The second kappa shape index (κ2) is 6.96. The lowest BCUT2D eigenvalue weighted by Crippen LogP contribution is -2.45. The Labute approximate surface area is 140 Å². The van der Waals surface area contributed by atoms with Crippen LogP contribution in [0.4, 0.5) is 0 Å². The van der Waals surface area contributed by atoms with Crippen LogP contribution in [0.2, 0.25) is 10.0 Å². The molecule has 2 heterocycles. The number of piperazine rings is 1. The first kappa shape index (κ1) is 15.7. The summed E-state index contributed by atoms with van der Waals surface area (Å²) in [7, 11) is 1.93. The smallest absolute Gasteiger partial charge is 0.0738 e. The molecule has 0 saturated carbocycles. The molecule has 0 aliphatic carbocycles. The van der Waals surface area contributed by atoms with Crippen molar-refractivity contribution in [3.05, 3.63) is 45.7 Å². The molecular formula is C15H19Cl2N5. The SMILES string of the molecule is Cn1nncc1CN1CCN(Cc2cccc(Cl)c2Cl)CC1. The molecule has 0 N–H and O–H groups in total. The van der Waals surface area contributed by atoms with Crippen LogP contribution in [0.5, 0.6) is 0 Å². The van der Waals surface area contributed by atoms with Crippen LogP contribution in [0.25, 0.3) is 0 Å². The molecule has 0 radical (unpaired) electrons. The number of nitrogens with zero attached hydrogens (tertiary/aromatic N) is 5. The lowest BCUT2D eigenvalue weighted by molar-refractivity contribution is 0.120. The second-order valence-corrected chi connectivity index (χ2v) is 6.40. The molecule has 5 nitrogen and oxygen atoms in total. The fraction of sp³-hybridized carbons (Fsp3) is 0.467. The standard InChI is InChI=1S/C15H19Cl2N5/c1-20-13(9-18-19-20)11-22-7-5-21(6-8-22)10-12-3-2-4-14(16)15(12)17/h2-4,9H,5-8,10-11H2,1H3. The van der Waals surface area contributed by atoms with Gasteiger partial charge in [-0.15, -0.1) is 5.10 Å². The minimum atomic E-state index is 0.626. The van der Waals surface area contributed by atoms with Gasteiger partial charge in [-0.3, -0.25) is 14.5 Å². The van der Waals surface area contributed by atoms with Crippen molar-refractivity contribution in [1.82, 2.24) is 24.8 Å². The number of rotatable bonds is 4. The van der Waals surface area contributed by atoms with Crippen LogP contribution in [0, 0.1) is 0 Å². The van der Waals surface area contributed by atoms with Gasteiger partial charge < -0.3 is 0 Å². The Kier molecular flexibility index (Phi) is 4.98. The summed E-state index contributed by atoms with van der Waals surface area (Å²) in [6, 6.07) is 5.82. The second-order valence-electron chi connectivity index (χ2n) is 5.61. The first-order chi connectivity index (χ1) is 10.6. The van der Waals surface area contributed by atoms with Gasteiger partial charge in [-0.05, 0) is 11.6 Å². The third-order valence-corrected chi connectivity index (χ3v) is 4.94. The molecule has 1 aromatic heterocycles. The van der Waals surface area contributed by atoms with Crippen molar-refractivity contribution < 1.29 is 0 Å². The van der Waals surface area contributed by atoms with Crippen molar-refractivity contribution in [3.8, 4) is 0 Å². The first-order valence-electron chi connectivity index (χ1n) is 7.34. The third kappa shape index (κ3) is 3.60. The topological polar surface area (TPSA) is 37.2 Å². The van der Waals surface area contributed by atoms with E-state index in [0.717, 1.165) is 50.5 Å². The van der Waals surface area contributed by atoms with E-state index in [0.29, 0.717) is 10.0 Å². The van der Waals surface area contributed by atoms with Crippen molar-refractivity contribution in [3.63, 3.8) is 0 Å². The number of hydrogen-bond donors (Lipinski definition) is 0. The summed E-state index contributed by atoms with van der Waals surface area (Å²) in [5.74, 6) is 0. The Morgan fingerprint density at radius 2 is 1.73 bits per heavy atom. The van der Waals surface area contributed by atoms with Gasteiger partial charge in [0.25, 0.3) is 0 Å². The normalized spacial score (nSPS) is 17.0. The number of halogens is 2. The molecule has 3 rings (SSSR count). The molecule has 0 spiro atoms. The Morgan fingerprint density at radius 3 is 2.36 bits per heavy atom. The van der Waals surface area contributed by atoms with E-state index >= 15 is 0 Å². The van der Waals surface area contributed by atoms with Crippen LogP contribution in [0.1, 0.15) is 11.3 Å². The van der Waals surface area contributed by atoms with E-state index in [1.807, 2.05) is 36.1 Å². The van der Waals surface area contributed by atoms with Crippen LogP contribution in [0.15, 0.2) is 24.4 Å². The molecule has 0 bridgehead atoms. The quantitative estimate of drug-likeness (QED) is 0.857. The molecule has 0 unspecified atom stereocenters. The van der Waals surface area contributed by atoms with E-state index < -0.39 is 0 Å². The van der Waals surface area contributed by atoms with Crippen molar-refractivity contribution in [2.45, 2.75) is 13.1 Å². The number of aryl methyl sites for hydroxylation is 1. The monoisotopic (exact) mass is 339 g/mol. The maximum Gasteiger partial charge on any atom is 0.0738 e. The lowest BCUT2D eigenvalue weighted by atomic mass is 10.2. The van der Waals surface area contributed by atoms with Crippen molar-refractivity contribution in [1.29, 1.82) is 0 Å². The average Bonchev–Trinajstić information content (AvgIpc) is 2.91. The fourth-order valence-electron chi connectivity index (χ4n) is 2.70. The summed E-state index contributed by atoms with van der Waals surface area (Å²) < 4.78 is 1.83. The highest BCUT2D eigenvalue weighted by Crippen LogP contribution is 2.26. The summed E-state index contributed by atoms with van der Waals surface area (Å²) in [4.78, 5) is 4.84. The van der Waals surface area contributed by atoms with E-state index in [-0.39, 0.29) is 0 Å². The minimum absolute atomic E-state index is 0.626. The Hall–Kier alpha value is -1.14. The molecule has 1 aromatic carbocycles. The maximum absolute atomic E-state index is 6.27. The van der Waals surface area contributed by atoms with E-state index in [1.165, 1.54) is 0 Å². The maximum atomic E-state index is 6.27. The summed E-state index contributed by atoms with van der Waals surface area (Å²) in [5.41, 5.74) is 2.24. The predicted molar refractivity (Wildman–Crippen MR) is 88.0 cm³/mol. The van der Waals surface area contributed by atoms with Gasteiger partial charge in [0.05, 0.1) is 21.9 Å². The van der Waals surface area contributed by atoms with Crippen LogP contribution in [0.3, 0.4) is 0 Å². The summed E-state index contributed by atoms with van der Waals surface area (Å²) in [6.45, 7) is 5.85. The van der Waals surface area contributed by atoms with E-state index in [1.54, 1.807) is 0 Å². The lowest BCUT2D eigenvalue weighted by Gasteiger charge is -2.34. The first-order valence-corrected chi connectivity index (χ1v) is 8.10. The van der Waals surface area contributed by atoms with Crippen molar-refractivity contribution in [2.24, 2.45) is 7.05 Å². The minimum Gasteiger partial charge on any atom is -0.296 e. The average molecular weight is 340 g/mol. The van der Waals surface area contributed by atoms with Crippen LogP contribution in [-0.2, 0) is 20.1 Å². The Morgan fingerprint density at radius 1 is 1.05 bits per heavy atom. The molecule has 118 valence electrons. The van der Waals surface area contributed by atoms with Gasteiger partial charge in [-0.2, -0.15) is 0 Å². The summed E-state index contributed by atoms with van der Waals surface area (Å²) in [5, 5.41) is 9.20. The van der Waals surface area contributed by atoms with Crippen LogP contribution < -0.4 is 0 Å². The summed E-state index contributed by atoms with van der Waals surface area (Å²) in [6.07, 6.45) is 1.83. The number of benzene rings is 1. The van der Waals surface area contributed by atoms with Gasteiger partial charge in [0.1, 0.15) is 0 Å². The van der Waals surface area contributed by atoms with Crippen molar-refractivity contribution >= 4 is 23.2 Å². The van der Waals surface area contributed by atoms with Gasteiger partial charge >= 0.3 is 0 Å². The van der Waals surface area contributed by atoms with Crippen LogP contribution >= 0.6 is 23.2 Å². The Bertz CT molecular complexity index is 635. The highest BCUT2D eigenvalue weighted by atomic mass is 35.5. The fourth-order valence-corrected chi connectivity index (χ4v) is 3.08. The largest absolute Gasteiger partial charge is 0.296 e. The predicted octanol–water partition coefficient (Wildman–Crippen LogP) is 2.44. The molecular weight excluding hydrogens is 321 g/mol. The van der Waals surface area contributed by atoms with Gasteiger partial charge in [-0.25, -0.2) is 0 Å². The molecule has 1 saturated heterocycles. The number of hydrogen-bond acceptors (Lipinski definition) is 4. The van der Waals surface area contributed by atoms with E-state index in [2.05, 4.69) is 20.1 Å². The van der Waals surface area contributed by atoms with Crippen LogP contribution in [-0.4, -0.2) is 51.0 Å². The zero-order valence-electron chi connectivity index (χ0n) is 12.5. The zero-order valence-corrected chi connectivity index (χ0v) is 14.1. The third-order valence-electron chi connectivity index (χ3n) is 4.08. The number of aromatic nitrogens is 3. The molecule has 0 atom stereocenters.